The summed E-state index contributed by atoms with van der Waals surface area (Å²) in [5, 5.41) is 3.42. The number of nitrogen functional groups attached to an aromatic ring is 1. The molecule has 0 saturated carbocycles. The van der Waals surface area contributed by atoms with Crippen LogP contribution in [0, 0.1) is 0 Å². The first-order valence-corrected chi connectivity index (χ1v) is 6.15. The van der Waals surface area contributed by atoms with Crippen molar-refractivity contribution in [1.29, 1.82) is 0 Å². The van der Waals surface area contributed by atoms with Crippen molar-refractivity contribution >= 4 is 27.4 Å². The number of anilines is 2. The zero-order chi connectivity index (χ0) is 11.6. The van der Waals surface area contributed by atoms with Crippen molar-refractivity contribution in [1.82, 2.24) is 4.98 Å². The van der Waals surface area contributed by atoms with Crippen LogP contribution in [0.25, 0.3) is 0 Å². The third kappa shape index (κ3) is 2.65. The zero-order valence-electron chi connectivity index (χ0n) is 9.29. The van der Waals surface area contributed by atoms with Crippen molar-refractivity contribution in [3.63, 3.8) is 0 Å². The van der Waals surface area contributed by atoms with Gasteiger partial charge in [0.1, 0.15) is 5.82 Å². The summed E-state index contributed by atoms with van der Waals surface area (Å²) in [5.41, 5.74) is 6.61. The summed E-state index contributed by atoms with van der Waals surface area (Å²) in [6, 6.07) is 1.86. The van der Waals surface area contributed by atoms with E-state index in [1.54, 1.807) is 6.20 Å². The van der Waals surface area contributed by atoms with Gasteiger partial charge in [0.2, 0.25) is 0 Å². The van der Waals surface area contributed by atoms with E-state index in [2.05, 4.69) is 33.2 Å². The summed E-state index contributed by atoms with van der Waals surface area (Å²) < 4.78 is 6.25. The molecular formula is C11H16BrN3O. The van der Waals surface area contributed by atoms with Crippen LogP contribution < -0.4 is 11.1 Å². The first kappa shape index (κ1) is 11.7. The Bertz CT molecular complexity index is 377. The minimum absolute atomic E-state index is 0.0349. The molecule has 1 fully saturated rings. The topological polar surface area (TPSA) is 60.2 Å². The predicted molar refractivity (Wildman–Crippen MR) is 68.4 cm³/mol. The van der Waals surface area contributed by atoms with Gasteiger partial charge in [-0.1, -0.05) is 0 Å². The molecule has 0 spiro atoms. The molecule has 2 heterocycles. The number of nitrogens with one attached hydrogen (secondary N) is 1. The van der Waals surface area contributed by atoms with E-state index in [9.17, 15) is 0 Å². The molecule has 0 amide bonds. The average Bonchev–Trinajstić information content (AvgIpc) is 2.23. The van der Waals surface area contributed by atoms with Gasteiger partial charge >= 0.3 is 0 Å². The van der Waals surface area contributed by atoms with Gasteiger partial charge in [-0.15, -0.1) is 0 Å². The number of hydrogen-bond donors (Lipinski definition) is 2. The Kier molecular flexibility index (Phi) is 3.35. The van der Waals surface area contributed by atoms with Crippen LogP contribution in [0.4, 0.5) is 11.5 Å². The van der Waals surface area contributed by atoms with E-state index >= 15 is 0 Å². The molecule has 0 aliphatic carbocycles. The number of ether oxygens (including phenoxy) is 1. The second kappa shape index (κ2) is 4.59. The fraction of sp³-hybridized carbons (Fsp3) is 0.545. The molecule has 1 aliphatic rings. The second-order valence-corrected chi connectivity index (χ2v) is 5.31. The maximum atomic E-state index is 5.91. The molecule has 1 saturated heterocycles. The van der Waals surface area contributed by atoms with Crippen LogP contribution in [-0.4, -0.2) is 23.7 Å². The van der Waals surface area contributed by atoms with Gasteiger partial charge < -0.3 is 15.8 Å². The van der Waals surface area contributed by atoms with Crippen LogP contribution >= 0.6 is 15.9 Å². The fourth-order valence-electron chi connectivity index (χ4n) is 1.79. The molecule has 1 aromatic heterocycles. The highest BCUT2D eigenvalue weighted by molar-refractivity contribution is 9.10. The van der Waals surface area contributed by atoms with Crippen molar-refractivity contribution in [2.45, 2.75) is 25.3 Å². The molecule has 3 N–H and O–H groups in total. The lowest BCUT2D eigenvalue weighted by atomic mass is 9.92. The van der Waals surface area contributed by atoms with Crippen molar-refractivity contribution in [3.8, 4) is 0 Å². The van der Waals surface area contributed by atoms with Gasteiger partial charge in [-0.2, -0.15) is 0 Å². The van der Waals surface area contributed by atoms with E-state index in [1.807, 2.05) is 6.07 Å². The summed E-state index contributed by atoms with van der Waals surface area (Å²) in [4.78, 5) is 4.29. The molecule has 4 nitrogen and oxygen atoms in total. The highest BCUT2D eigenvalue weighted by Gasteiger charge is 2.27. The minimum Gasteiger partial charge on any atom is -0.396 e. The fourth-order valence-corrected chi connectivity index (χ4v) is 2.14. The number of aromatic nitrogens is 1. The number of nitrogens with two attached hydrogens (primary N) is 1. The first-order chi connectivity index (χ1) is 7.59. The van der Waals surface area contributed by atoms with Gasteiger partial charge in [0.05, 0.1) is 5.69 Å². The Balaban J connectivity index is 2.13. The van der Waals surface area contributed by atoms with E-state index < -0.39 is 0 Å². The maximum Gasteiger partial charge on any atom is 0.149 e. The summed E-state index contributed by atoms with van der Waals surface area (Å²) >= 11 is 3.34. The molecule has 2 rings (SSSR count). The summed E-state index contributed by atoms with van der Waals surface area (Å²) in [6.45, 7) is 3.76. The number of rotatable bonds is 2. The lowest BCUT2D eigenvalue weighted by molar-refractivity contribution is 0.0657. The molecule has 0 unspecified atom stereocenters. The third-order valence-corrected chi connectivity index (χ3v) is 3.33. The molecule has 88 valence electrons. The summed E-state index contributed by atoms with van der Waals surface area (Å²) in [7, 11) is 0. The summed E-state index contributed by atoms with van der Waals surface area (Å²) in [5.74, 6) is 0.757. The van der Waals surface area contributed by atoms with E-state index in [0.29, 0.717) is 5.69 Å². The van der Waals surface area contributed by atoms with E-state index in [0.717, 1.165) is 36.3 Å². The average molecular weight is 286 g/mol. The van der Waals surface area contributed by atoms with E-state index in [4.69, 9.17) is 10.5 Å². The standard InChI is InChI=1S/C11H16BrN3O/c1-11(2-4-16-5-3-11)15-10-9(13)6-8(12)7-14-10/h6-7H,2-5,13H2,1H3,(H,14,15). The minimum atomic E-state index is 0.0349. The van der Waals surface area contributed by atoms with Gasteiger partial charge in [-0.3, -0.25) is 0 Å². The van der Waals surface area contributed by atoms with Gasteiger partial charge in [-0.05, 0) is 41.8 Å². The van der Waals surface area contributed by atoms with Gasteiger partial charge in [0.25, 0.3) is 0 Å². The molecule has 5 heteroatoms. The molecule has 0 bridgehead atoms. The zero-order valence-corrected chi connectivity index (χ0v) is 10.9. The molecule has 16 heavy (non-hydrogen) atoms. The molecule has 0 atom stereocenters. The highest BCUT2D eigenvalue weighted by atomic mass is 79.9. The van der Waals surface area contributed by atoms with Crippen molar-refractivity contribution in [2.75, 3.05) is 24.3 Å². The van der Waals surface area contributed by atoms with E-state index in [1.165, 1.54) is 0 Å². The van der Waals surface area contributed by atoms with Gasteiger partial charge in [-0.25, -0.2) is 4.98 Å². The Morgan fingerprint density at radius 2 is 2.19 bits per heavy atom. The van der Waals surface area contributed by atoms with Crippen LogP contribution in [0.3, 0.4) is 0 Å². The first-order valence-electron chi connectivity index (χ1n) is 5.36. The summed E-state index contributed by atoms with van der Waals surface area (Å²) in [6.07, 6.45) is 3.70. The SMILES string of the molecule is CC1(Nc2ncc(Br)cc2N)CCOCC1. The Morgan fingerprint density at radius 3 is 2.81 bits per heavy atom. The molecule has 1 aromatic rings. The maximum absolute atomic E-state index is 5.91. The molecular weight excluding hydrogens is 270 g/mol. The molecule has 0 radical (unpaired) electrons. The van der Waals surface area contributed by atoms with Crippen LogP contribution in [0.2, 0.25) is 0 Å². The van der Waals surface area contributed by atoms with Crippen LogP contribution in [0.5, 0.6) is 0 Å². The Labute approximate surface area is 104 Å². The Morgan fingerprint density at radius 1 is 1.50 bits per heavy atom. The monoisotopic (exact) mass is 285 g/mol. The number of nitrogens with zero attached hydrogens (tertiary/aromatic N) is 1. The van der Waals surface area contributed by atoms with Crippen molar-refractivity contribution < 1.29 is 4.74 Å². The smallest absolute Gasteiger partial charge is 0.149 e. The van der Waals surface area contributed by atoms with Crippen LogP contribution in [-0.2, 0) is 4.74 Å². The predicted octanol–water partition coefficient (Wildman–Crippen LogP) is 2.41. The van der Waals surface area contributed by atoms with Gasteiger partial charge in [0.15, 0.2) is 0 Å². The quantitative estimate of drug-likeness (QED) is 0.876. The molecule has 0 aromatic carbocycles. The lowest BCUT2D eigenvalue weighted by Crippen LogP contribution is -2.41. The number of halogens is 1. The van der Waals surface area contributed by atoms with Crippen molar-refractivity contribution in [3.05, 3.63) is 16.7 Å². The molecule has 1 aliphatic heterocycles. The van der Waals surface area contributed by atoms with Gasteiger partial charge in [0, 0.05) is 29.4 Å². The number of pyridine rings is 1. The third-order valence-electron chi connectivity index (χ3n) is 2.90. The van der Waals surface area contributed by atoms with Crippen molar-refractivity contribution in [2.24, 2.45) is 0 Å². The van der Waals surface area contributed by atoms with Crippen LogP contribution in [0.1, 0.15) is 19.8 Å². The normalized spacial score (nSPS) is 19.4. The van der Waals surface area contributed by atoms with Crippen LogP contribution in [0.15, 0.2) is 16.7 Å². The second-order valence-electron chi connectivity index (χ2n) is 4.39. The lowest BCUT2D eigenvalue weighted by Gasteiger charge is -2.35. The largest absolute Gasteiger partial charge is 0.396 e. The highest BCUT2D eigenvalue weighted by Crippen LogP contribution is 2.28. The number of hydrogen-bond acceptors (Lipinski definition) is 4. The van der Waals surface area contributed by atoms with E-state index in [-0.39, 0.29) is 5.54 Å². The Hall–Kier alpha value is -0.810.